The molecule has 0 aromatic carbocycles. The van der Waals surface area contributed by atoms with Gasteiger partial charge >= 0.3 is 5.97 Å². The molecule has 2 rings (SSSR count). The molecule has 0 radical (unpaired) electrons. The fraction of sp³-hybridized carbons (Fsp3) is 0.600. The monoisotopic (exact) mass is 298 g/mol. The van der Waals surface area contributed by atoms with E-state index in [-0.39, 0.29) is 19.4 Å². The average Bonchev–Trinajstić information content (AvgIpc) is 2.58. The Balaban J connectivity index is 2.40. The number of methoxy groups -OCH3 is 1. The number of halogens is 2. The molecule has 0 amide bonds. The lowest BCUT2D eigenvalue weighted by atomic mass is 10.1. The summed E-state index contributed by atoms with van der Waals surface area (Å²) >= 11 is 0. The number of aryl methyl sites for hydroxylation is 2. The quantitative estimate of drug-likeness (QED) is 0.787. The minimum atomic E-state index is -2.64. The molecule has 21 heavy (non-hydrogen) atoms. The molecular formula is C15H20F2N2O2. The Bertz CT molecular complexity index is 547. The second-order valence-corrected chi connectivity index (χ2v) is 5.47. The van der Waals surface area contributed by atoms with E-state index in [9.17, 15) is 13.6 Å². The largest absolute Gasteiger partial charge is 0.465 e. The normalized spacial score (nSPS) is 18.2. The molecule has 1 aliphatic heterocycles. The van der Waals surface area contributed by atoms with Crippen LogP contribution in [0.25, 0.3) is 0 Å². The van der Waals surface area contributed by atoms with Crippen LogP contribution >= 0.6 is 0 Å². The van der Waals surface area contributed by atoms with Crippen molar-refractivity contribution in [3.05, 3.63) is 22.9 Å². The fourth-order valence-electron chi connectivity index (χ4n) is 2.68. The summed E-state index contributed by atoms with van der Waals surface area (Å²) in [7, 11) is 1.31. The van der Waals surface area contributed by atoms with E-state index in [4.69, 9.17) is 4.74 Å². The highest BCUT2D eigenvalue weighted by Crippen LogP contribution is 2.31. The van der Waals surface area contributed by atoms with Crippen LogP contribution in [0.2, 0.25) is 0 Å². The number of ether oxygens (including phenoxy) is 1. The van der Waals surface area contributed by atoms with Gasteiger partial charge in [-0.1, -0.05) is 0 Å². The zero-order valence-electron chi connectivity index (χ0n) is 12.6. The maximum absolute atomic E-state index is 13.5. The number of alkyl halides is 2. The number of hydrogen-bond donors (Lipinski definition) is 0. The molecular weight excluding hydrogens is 278 g/mol. The van der Waals surface area contributed by atoms with Gasteiger partial charge in [0.2, 0.25) is 5.92 Å². The van der Waals surface area contributed by atoms with Crippen LogP contribution in [0, 0.1) is 13.8 Å². The zero-order valence-corrected chi connectivity index (χ0v) is 12.6. The topological polar surface area (TPSA) is 42.4 Å². The van der Waals surface area contributed by atoms with Crippen LogP contribution in [0.3, 0.4) is 0 Å². The molecule has 0 bridgehead atoms. The predicted octanol–water partition coefficient (Wildman–Crippen LogP) is 3.11. The molecule has 0 N–H and O–H groups in total. The highest BCUT2D eigenvalue weighted by Gasteiger charge is 2.33. The van der Waals surface area contributed by atoms with Gasteiger partial charge in [-0.2, -0.15) is 0 Å². The Morgan fingerprint density at radius 3 is 2.71 bits per heavy atom. The third kappa shape index (κ3) is 3.49. The first-order valence-corrected chi connectivity index (χ1v) is 7.03. The highest BCUT2D eigenvalue weighted by atomic mass is 19.3. The highest BCUT2D eigenvalue weighted by molar-refractivity contribution is 5.96. The number of carbonyl (C=O) groups is 1. The Hall–Kier alpha value is -1.72. The molecule has 0 saturated carbocycles. The fourth-order valence-corrected chi connectivity index (χ4v) is 2.68. The molecule has 6 heteroatoms. The average molecular weight is 298 g/mol. The van der Waals surface area contributed by atoms with Crippen molar-refractivity contribution in [3.63, 3.8) is 0 Å². The Labute approximate surface area is 123 Å². The van der Waals surface area contributed by atoms with E-state index in [1.165, 1.54) is 7.11 Å². The second kappa shape index (κ2) is 5.95. The first-order chi connectivity index (χ1) is 9.84. The Kier molecular flexibility index (Phi) is 4.44. The smallest absolute Gasteiger partial charge is 0.341 e. The van der Waals surface area contributed by atoms with E-state index in [0.29, 0.717) is 24.3 Å². The lowest BCUT2D eigenvalue weighted by molar-refractivity contribution is -0.0102. The summed E-state index contributed by atoms with van der Waals surface area (Å²) in [5.41, 5.74) is 1.87. The molecule has 2 heterocycles. The van der Waals surface area contributed by atoms with Crippen LogP contribution in [-0.2, 0) is 4.74 Å². The van der Waals surface area contributed by atoms with E-state index < -0.39 is 11.9 Å². The van der Waals surface area contributed by atoms with Crippen LogP contribution in [-0.4, -0.2) is 37.1 Å². The van der Waals surface area contributed by atoms with Crippen molar-refractivity contribution in [2.45, 2.75) is 39.0 Å². The van der Waals surface area contributed by atoms with Crippen molar-refractivity contribution in [2.75, 3.05) is 25.1 Å². The minimum absolute atomic E-state index is 0.123. The molecule has 116 valence electrons. The van der Waals surface area contributed by atoms with Crippen molar-refractivity contribution in [3.8, 4) is 0 Å². The third-order valence-corrected chi connectivity index (χ3v) is 3.73. The lowest BCUT2D eigenvalue weighted by Crippen LogP contribution is -2.29. The van der Waals surface area contributed by atoms with Gasteiger partial charge in [-0.3, -0.25) is 0 Å². The van der Waals surface area contributed by atoms with Crippen LogP contribution in [0.5, 0.6) is 0 Å². The van der Waals surface area contributed by atoms with Gasteiger partial charge in [0, 0.05) is 31.6 Å². The van der Waals surface area contributed by atoms with Crippen LogP contribution in [0.15, 0.2) is 6.07 Å². The van der Waals surface area contributed by atoms with Crippen molar-refractivity contribution in [2.24, 2.45) is 0 Å². The molecule has 0 unspecified atom stereocenters. The van der Waals surface area contributed by atoms with Gasteiger partial charge in [-0.05, 0) is 31.9 Å². The second-order valence-electron chi connectivity index (χ2n) is 5.47. The Morgan fingerprint density at radius 1 is 1.33 bits per heavy atom. The van der Waals surface area contributed by atoms with Gasteiger partial charge in [0.25, 0.3) is 0 Å². The molecule has 1 saturated heterocycles. The first kappa shape index (κ1) is 15.7. The number of rotatable bonds is 2. The minimum Gasteiger partial charge on any atom is -0.465 e. The van der Waals surface area contributed by atoms with Gasteiger partial charge in [-0.15, -0.1) is 0 Å². The lowest BCUT2D eigenvalue weighted by Gasteiger charge is -2.25. The third-order valence-electron chi connectivity index (χ3n) is 3.73. The van der Waals surface area contributed by atoms with Crippen LogP contribution in [0.4, 0.5) is 14.6 Å². The summed E-state index contributed by atoms with van der Waals surface area (Å²) in [5, 5.41) is 0. The summed E-state index contributed by atoms with van der Waals surface area (Å²) < 4.78 is 31.8. The predicted molar refractivity (Wildman–Crippen MR) is 76.1 cm³/mol. The van der Waals surface area contributed by atoms with Crippen molar-refractivity contribution >= 4 is 11.8 Å². The summed E-state index contributed by atoms with van der Waals surface area (Å²) in [6.07, 6.45) is 0.0341. The van der Waals surface area contributed by atoms with Crippen LogP contribution < -0.4 is 4.90 Å². The summed E-state index contributed by atoms with van der Waals surface area (Å²) in [6.45, 7) is 4.28. The van der Waals surface area contributed by atoms with E-state index in [1.807, 2.05) is 6.92 Å². The van der Waals surface area contributed by atoms with Crippen molar-refractivity contribution in [1.29, 1.82) is 0 Å². The number of hydrogen-bond acceptors (Lipinski definition) is 4. The van der Waals surface area contributed by atoms with Crippen molar-refractivity contribution < 1.29 is 18.3 Å². The molecule has 0 spiro atoms. The van der Waals surface area contributed by atoms with E-state index >= 15 is 0 Å². The van der Waals surface area contributed by atoms with E-state index in [1.54, 1.807) is 17.9 Å². The number of carbonyl (C=O) groups excluding carboxylic acids is 1. The summed E-state index contributed by atoms with van der Waals surface area (Å²) in [4.78, 5) is 18.2. The van der Waals surface area contributed by atoms with Crippen molar-refractivity contribution in [1.82, 2.24) is 4.98 Å². The van der Waals surface area contributed by atoms with Gasteiger partial charge < -0.3 is 9.64 Å². The summed E-state index contributed by atoms with van der Waals surface area (Å²) in [6, 6.07) is 1.79. The zero-order chi connectivity index (χ0) is 15.6. The van der Waals surface area contributed by atoms with E-state index in [0.717, 1.165) is 11.3 Å². The first-order valence-electron chi connectivity index (χ1n) is 7.03. The van der Waals surface area contributed by atoms with Gasteiger partial charge in [0.05, 0.1) is 7.11 Å². The SMILES string of the molecule is COC(=O)c1c(C)cc(C)nc1N1CCCC(F)(F)CC1. The molecule has 1 fully saturated rings. The van der Waals surface area contributed by atoms with Gasteiger partial charge in [0.15, 0.2) is 0 Å². The maximum atomic E-state index is 13.5. The maximum Gasteiger partial charge on any atom is 0.341 e. The van der Waals surface area contributed by atoms with Gasteiger partial charge in [0.1, 0.15) is 11.4 Å². The standard InChI is InChI=1S/C15H20F2N2O2/c1-10-9-11(2)18-13(12(10)14(20)21-3)19-7-4-5-15(16,17)6-8-19/h9H,4-8H2,1-3H3. The number of pyridine rings is 1. The van der Waals surface area contributed by atoms with Gasteiger partial charge in [-0.25, -0.2) is 18.6 Å². The molecule has 1 aliphatic rings. The van der Waals surface area contributed by atoms with E-state index in [2.05, 4.69) is 4.98 Å². The number of anilines is 1. The molecule has 1 aromatic rings. The summed E-state index contributed by atoms with van der Waals surface area (Å²) in [5.74, 6) is -2.66. The Morgan fingerprint density at radius 2 is 2.05 bits per heavy atom. The number of nitrogens with zero attached hydrogens (tertiary/aromatic N) is 2. The molecule has 0 aliphatic carbocycles. The molecule has 0 atom stereocenters. The molecule has 4 nitrogen and oxygen atoms in total. The number of esters is 1. The van der Waals surface area contributed by atoms with Crippen LogP contribution in [0.1, 0.15) is 40.9 Å². The molecule has 1 aromatic heterocycles. The number of aromatic nitrogens is 1.